The quantitative estimate of drug-likeness (QED) is 0.703. The second-order valence-corrected chi connectivity index (χ2v) is 7.37. The Morgan fingerprint density at radius 2 is 2.09 bits per heavy atom. The standard InChI is InChI=1S/C14H14ClN3O3S.BrH/c1-21-12-7-9(22(2,19)20)3-4-10(12)11-8-18-6-5-16-13(15)14(18)17-11;/h3-5,7H,6,8H2,1-2H3;1H. The van der Waals surface area contributed by atoms with E-state index >= 15 is 0 Å². The number of rotatable bonds is 3. The highest BCUT2D eigenvalue weighted by atomic mass is 79.9. The molecule has 0 aliphatic carbocycles. The zero-order valence-corrected chi connectivity index (χ0v) is 15.8. The predicted molar refractivity (Wildman–Crippen MR) is 95.9 cm³/mol. The van der Waals surface area contributed by atoms with E-state index in [2.05, 4.69) is 9.98 Å². The average Bonchev–Trinajstić information content (AvgIpc) is 2.91. The number of benzene rings is 1. The molecule has 0 unspecified atom stereocenters. The van der Waals surface area contributed by atoms with Crippen LogP contribution in [0.15, 0.2) is 44.1 Å². The second-order valence-electron chi connectivity index (χ2n) is 5.00. The lowest BCUT2D eigenvalue weighted by Crippen LogP contribution is -2.26. The second kappa shape index (κ2) is 6.62. The molecular formula is C14H15BrClN3O3S. The number of aliphatic imine (C=N–C) groups is 2. The highest BCUT2D eigenvalue weighted by molar-refractivity contribution is 8.93. The lowest BCUT2D eigenvalue weighted by Gasteiger charge is -2.19. The molecule has 2 heterocycles. The summed E-state index contributed by atoms with van der Waals surface area (Å²) in [5.74, 6) is 1.10. The molecule has 1 aromatic carbocycles. The fourth-order valence-corrected chi connectivity index (χ4v) is 3.25. The van der Waals surface area contributed by atoms with Crippen molar-refractivity contribution in [3.8, 4) is 5.75 Å². The molecule has 0 bridgehead atoms. The monoisotopic (exact) mass is 419 g/mol. The van der Waals surface area contributed by atoms with Gasteiger partial charge in [0, 0.05) is 18.0 Å². The first-order valence-electron chi connectivity index (χ1n) is 6.53. The van der Waals surface area contributed by atoms with Gasteiger partial charge in [-0.15, -0.1) is 17.0 Å². The zero-order chi connectivity index (χ0) is 15.9. The molecule has 0 N–H and O–H groups in total. The van der Waals surface area contributed by atoms with E-state index in [-0.39, 0.29) is 21.9 Å². The summed E-state index contributed by atoms with van der Waals surface area (Å²) in [7, 11) is -1.78. The molecule has 9 heteroatoms. The van der Waals surface area contributed by atoms with Crippen LogP contribution >= 0.6 is 28.6 Å². The van der Waals surface area contributed by atoms with E-state index in [0.29, 0.717) is 29.8 Å². The van der Waals surface area contributed by atoms with Gasteiger partial charge in [-0.25, -0.2) is 18.4 Å². The maximum absolute atomic E-state index is 11.6. The molecule has 0 saturated heterocycles. The number of sulfone groups is 1. The van der Waals surface area contributed by atoms with Crippen LogP contribution in [-0.4, -0.2) is 51.7 Å². The Kier molecular flexibility index (Phi) is 5.17. The summed E-state index contributed by atoms with van der Waals surface area (Å²) in [4.78, 5) is 10.8. The summed E-state index contributed by atoms with van der Waals surface area (Å²) in [6, 6.07) is 4.78. The van der Waals surface area contributed by atoms with Crippen molar-refractivity contribution in [2.45, 2.75) is 4.90 Å². The van der Waals surface area contributed by atoms with Gasteiger partial charge < -0.3 is 9.64 Å². The summed E-state index contributed by atoms with van der Waals surface area (Å²) in [5.41, 5.74) is 1.52. The smallest absolute Gasteiger partial charge is 0.175 e. The number of methoxy groups -OCH3 is 1. The topological polar surface area (TPSA) is 71.3 Å². The third-order valence-electron chi connectivity index (χ3n) is 3.48. The van der Waals surface area contributed by atoms with Crippen LogP contribution in [0, 0.1) is 0 Å². The van der Waals surface area contributed by atoms with Crippen LogP contribution in [0.3, 0.4) is 0 Å². The molecule has 1 aromatic rings. The Morgan fingerprint density at radius 1 is 1.35 bits per heavy atom. The summed E-state index contributed by atoms with van der Waals surface area (Å²) in [6.45, 7) is 1.22. The van der Waals surface area contributed by atoms with Gasteiger partial charge in [-0.2, -0.15) is 0 Å². The highest BCUT2D eigenvalue weighted by Gasteiger charge is 2.27. The van der Waals surface area contributed by atoms with Gasteiger partial charge in [-0.1, -0.05) is 11.6 Å². The fourth-order valence-electron chi connectivity index (χ4n) is 2.38. The average molecular weight is 421 g/mol. The van der Waals surface area contributed by atoms with E-state index in [9.17, 15) is 8.42 Å². The normalized spacial score (nSPS) is 16.8. The van der Waals surface area contributed by atoms with Crippen LogP contribution in [0.4, 0.5) is 0 Å². The molecule has 124 valence electrons. The van der Waals surface area contributed by atoms with Gasteiger partial charge in [0.2, 0.25) is 0 Å². The predicted octanol–water partition coefficient (Wildman–Crippen LogP) is 2.23. The number of hydrogen-bond donors (Lipinski definition) is 0. The van der Waals surface area contributed by atoms with E-state index in [1.54, 1.807) is 18.3 Å². The third kappa shape index (κ3) is 3.44. The Bertz CT molecular complexity index is 834. The maximum atomic E-state index is 11.6. The van der Waals surface area contributed by atoms with E-state index in [0.717, 1.165) is 17.5 Å². The maximum Gasteiger partial charge on any atom is 0.175 e. The minimum absolute atomic E-state index is 0. The van der Waals surface area contributed by atoms with Gasteiger partial charge in [0.25, 0.3) is 0 Å². The first-order chi connectivity index (χ1) is 10.4. The minimum Gasteiger partial charge on any atom is -0.496 e. The lowest BCUT2D eigenvalue weighted by molar-refractivity contribution is 0.412. The van der Waals surface area contributed by atoms with Crippen molar-refractivity contribution in [2.24, 2.45) is 9.98 Å². The molecule has 0 amide bonds. The van der Waals surface area contributed by atoms with E-state index in [1.807, 2.05) is 4.90 Å². The van der Waals surface area contributed by atoms with Gasteiger partial charge >= 0.3 is 0 Å². The van der Waals surface area contributed by atoms with Crippen molar-refractivity contribution in [1.82, 2.24) is 4.90 Å². The molecule has 0 atom stereocenters. The molecule has 6 nitrogen and oxygen atoms in total. The Labute approximate surface area is 150 Å². The van der Waals surface area contributed by atoms with Crippen molar-refractivity contribution in [3.05, 3.63) is 34.7 Å². The van der Waals surface area contributed by atoms with Crippen molar-refractivity contribution in [2.75, 3.05) is 26.5 Å². The largest absolute Gasteiger partial charge is 0.496 e. The van der Waals surface area contributed by atoms with Crippen LogP contribution < -0.4 is 4.74 Å². The summed E-state index contributed by atoms with van der Waals surface area (Å²) in [5, 5.41) is 0.355. The summed E-state index contributed by atoms with van der Waals surface area (Å²) < 4.78 is 28.6. The van der Waals surface area contributed by atoms with Crippen LogP contribution in [-0.2, 0) is 9.84 Å². The van der Waals surface area contributed by atoms with E-state index in [1.165, 1.54) is 13.2 Å². The van der Waals surface area contributed by atoms with Crippen molar-refractivity contribution < 1.29 is 13.2 Å². The van der Waals surface area contributed by atoms with Crippen molar-refractivity contribution in [1.29, 1.82) is 0 Å². The SMILES string of the molecule is Br.COc1cc(S(C)(=O)=O)ccc1C1=NC2=C(Cl)N=CCN2C1. The molecule has 0 radical (unpaired) electrons. The van der Waals surface area contributed by atoms with Gasteiger partial charge in [0.15, 0.2) is 20.8 Å². The van der Waals surface area contributed by atoms with Crippen LogP contribution in [0.1, 0.15) is 5.56 Å². The first kappa shape index (κ1) is 18.0. The van der Waals surface area contributed by atoms with Gasteiger partial charge in [0.1, 0.15) is 5.75 Å². The van der Waals surface area contributed by atoms with Crippen molar-refractivity contribution in [3.63, 3.8) is 0 Å². The highest BCUT2D eigenvalue weighted by Crippen LogP contribution is 2.30. The molecule has 2 aliphatic heterocycles. The van der Waals surface area contributed by atoms with Crippen LogP contribution in [0.25, 0.3) is 0 Å². The Balaban J connectivity index is 0.00000192. The first-order valence-corrected chi connectivity index (χ1v) is 8.80. The van der Waals surface area contributed by atoms with Crippen LogP contribution in [0.2, 0.25) is 0 Å². The number of ether oxygens (including phenoxy) is 1. The van der Waals surface area contributed by atoms with E-state index < -0.39 is 9.84 Å². The molecule has 0 spiro atoms. The molecule has 2 aliphatic rings. The number of nitrogens with zero attached hydrogens (tertiary/aromatic N) is 3. The summed E-state index contributed by atoms with van der Waals surface area (Å²) in [6.07, 6.45) is 2.89. The molecule has 3 rings (SSSR count). The fraction of sp³-hybridized carbons (Fsp3) is 0.286. The molecule has 0 aromatic heterocycles. The Morgan fingerprint density at radius 3 is 2.70 bits per heavy atom. The number of fused-ring (bicyclic) bond motifs is 1. The van der Waals surface area contributed by atoms with Crippen LogP contribution in [0.5, 0.6) is 5.75 Å². The van der Waals surface area contributed by atoms with Crippen molar-refractivity contribution >= 4 is 50.3 Å². The number of hydrogen-bond acceptors (Lipinski definition) is 6. The van der Waals surface area contributed by atoms with Gasteiger partial charge in [-0.05, 0) is 18.2 Å². The molecule has 0 saturated carbocycles. The lowest BCUT2D eigenvalue weighted by atomic mass is 10.1. The van der Waals surface area contributed by atoms with Gasteiger partial charge in [0.05, 0.1) is 30.8 Å². The minimum atomic E-state index is -3.29. The van der Waals surface area contributed by atoms with Gasteiger partial charge in [-0.3, -0.25) is 0 Å². The summed E-state index contributed by atoms with van der Waals surface area (Å²) >= 11 is 6.05. The van der Waals surface area contributed by atoms with E-state index in [4.69, 9.17) is 16.3 Å². The number of halogens is 2. The zero-order valence-electron chi connectivity index (χ0n) is 12.5. The third-order valence-corrected chi connectivity index (χ3v) is 4.86. The Hall–Kier alpha value is -1.38. The molecule has 23 heavy (non-hydrogen) atoms. The molecular weight excluding hydrogens is 406 g/mol. The molecule has 0 fully saturated rings.